The maximum absolute atomic E-state index is 14.0. The van der Waals surface area contributed by atoms with Gasteiger partial charge < -0.3 is 9.47 Å². The Hall–Kier alpha value is -3.91. The lowest BCUT2D eigenvalue weighted by atomic mass is 10.1. The van der Waals surface area contributed by atoms with Crippen LogP contribution in [0.4, 0.5) is 9.18 Å². The Morgan fingerprint density at radius 3 is 2.47 bits per heavy atom. The Morgan fingerprint density at radius 1 is 1.00 bits per heavy atom. The lowest BCUT2D eigenvalue weighted by Crippen LogP contribution is -2.27. The first kappa shape index (κ1) is 23.3. The van der Waals surface area contributed by atoms with Gasteiger partial charge in [-0.25, -0.2) is 9.18 Å². The molecule has 1 fully saturated rings. The molecule has 34 heavy (non-hydrogen) atoms. The molecule has 0 saturated carbocycles. The van der Waals surface area contributed by atoms with Crippen molar-refractivity contribution in [3.63, 3.8) is 0 Å². The predicted octanol–water partition coefficient (Wildman–Crippen LogP) is 5.68. The van der Waals surface area contributed by atoms with Crippen molar-refractivity contribution in [2.24, 2.45) is 0 Å². The van der Waals surface area contributed by atoms with Crippen molar-refractivity contribution >= 4 is 35.0 Å². The average Bonchev–Trinajstić information content (AvgIpc) is 3.10. The number of thioether (sulfide) groups is 1. The lowest BCUT2D eigenvalue weighted by molar-refractivity contribution is -0.123. The van der Waals surface area contributed by atoms with Crippen molar-refractivity contribution in [1.82, 2.24) is 4.90 Å². The van der Waals surface area contributed by atoms with Gasteiger partial charge in [0.2, 0.25) is 0 Å². The van der Waals surface area contributed by atoms with Crippen LogP contribution in [0.5, 0.6) is 11.5 Å². The van der Waals surface area contributed by atoms with E-state index in [4.69, 9.17) is 9.47 Å². The van der Waals surface area contributed by atoms with Crippen LogP contribution < -0.4 is 9.47 Å². The molecule has 1 aliphatic rings. The molecule has 2 amide bonds. The minimum Gasteiger partial charge on any atom is -0.490 e. The third-order valence-corrected chi connectivity index (χ3v) is 5.84. The molecule has 1 aliphatic heterocycles. The van der Waals surface area contributed by atoms with E-state index < -0.39 is 22.9 Å². The standard InChI is InChI=1S/C26H20FNO5S/c1-2-32-22-14-17(12-13-21(22)33-25(30)18-8-4-3-5-9-18)15-23-24(29)28(26(31)34-23)16-19-10-6-7-11-20(19)27/h3-15H,2,16H2,1H3/b23-15-. The summed E-state index contributed by atoms with van der Waals surface area (Å²) in [5, 5.41) is -0.474. The summed E-state index contributed by atoms with van der Waals surface area (Å²) >= 11 is 0.783. The Balaban J connectivity index is 1.54. The smallest absolute Gasteiger partial charge is 0.343 e. The van der Waals surface area contributed by atoms with E-state index in [0.717, 1.165) is 16.7 Å². The fourth-order valence-corrected chi connectivity index (χ4v) is 4.12. The van der Waals surface area contributed by atoms with Crippen molar-refractivity contribution in [3.8, 4) is 11.5 Å². The van der Waals surface area contributed by atoms with Gasteiger partial charge in [-0.3, -0.25) is 14.5 Å². The lowest BCUT2D eigenvalue weighted by Gasteiger charge is -2.13. The molecule has 1 saturated heterocycles. The first-order valence-electron chi connectivity index (χ1n) is 10.5. The minimum atomic E-state index is -0.524. The van der Waals surface area contributed by atoms with E-state index in [2.05, 4.69) is 0 Å². The number of hydrogen-bond donors (Lipinski definition) is 0. The fraction of sp³-hybridized carbons (Fsp3) is 0.115. The Bertz CT molecular complexity index is 1280. The maximum atomic E-state index is 14.0. The molecule has 6 nitrogen and oxygen atoms in total. The Labute approximate surface area is 200 Å². The first-order chi connectivity index (χ1) is 16.5. The van der Waals surface area contributed by atoms with E-state index >= 15 is 0 Å². The van der Waals surface area contributed by atoms with E-state index in [9.17, 15) is 18.8 Å². The molecular weight excluding hydrogens is 457 g/mol. The Morgan fingerprint density at radius 2 is 1.74 bits per heavy atom. The molecule has 3 aromatic rings. The van der Waals surface area contributed by atoms with Gasteiger partial charge in [0.1, 0.15) is 5.82 Å². The molecule has 3 aromatic carbocycles. The average molecular weight is 478 g/mol. The van der Waals surface area contributed by atoms with Crippen LogP contribution >= 0.6 is 11.8 Å². The zero-order chi connectivity index (χ0) is 24.1. The Kier molecular flexibility index (Phi) is 7.08. The molecule has 0 bridgehead atoms. The molecule has 0 unspecified atom stereocenters. The summed E-state index contributed by atoms with van der Waals surface area (Å²) in [5.41, 5.74) is 1.24. The van der Waals surface area contributed by atoms with Crippen molar-refractivity contribution in [2.45, 2.75) is 13.5 Å². The zero-order valence-corrected chi connectivity index (χ0v) is 19.0. The molecule has 4 rings (SSSR count). The third-order valence-electron chi connectivity index (χ3n) is 4.94. The van der Waals surface area contributed by atoms with Gasteiger partial charge in [-0.2, -0.15) is 0 Å². The van der Waals surface area contributed by atoms with Crippen molar-refractivity contribution in [2.75, 3.05) is 6.61 Å². The number of ether oxygens (including phenoxy) is 2. The van der Waals surface area contributed by atoms with Gasteiger partial charge in [0.15, 0.2) is 11.5 Å². The normalized spacial score (nSPS) is 14.5. The minimum absolute atomic E-state index is 0.146. The van der Waals surface area contributed by atoms with Crippen molar-refractivity contribution < 1.29 is 28.2 Å². The van der Waals surface area contributed by atoms with Gasteiger partial charge in [-0.1, -0.05) is 42.5 Å². The fourth-order valence-electron chi connectivity index (χ4n) is 3.28. The van der Waals surface area contributed by atoms with Gasteiger partial charge in [0.25, 0.3) is 11.1 Å². The van der Waals surface area contributed by atoms with Gasteiger partial charge in [0, 0.05) is 5.56 Å². The zero-order valence-electron chi connectivity index (χ0n) is 18.2. The summed E-state index contributed by atoms with van der Waals surface area (Å²) in [4.78, 5) is 38.8. The molecule has 0 radical (unpaired) electrons. The van der Waals surface area contributed by atoms with Crippen LogP contribution in [-0.2, 0) is 11.3 Å². The second kappa shape index (κ2) is 10.4. The molecule has 0 aromatic heterocycles. The monoisotopic (exact) mass is 477 g/mol. The number of amides is 2. The molecule has 0 aliphatic carbocycles. The quantitative estimate of drug-likeness (QED) is 0.248. The molecule has 0 spiro atoms. The summed E-state index contributed by atoms with van der Waals surface area (Å²) in [5.74, 6) is -0.946. The highest BCUT2D eigenvalue weighted by Gasteiger charge is 2.35. The second-order valence-corrected chi connectivity index (χ2v) is 8.25. The number of benzene rings is 3. The van der Waals surface area contributed by atoms with Gasteiger partial charge >= 0.3 is 5.97 Å². The molecule has 172 valence electrons. The summed E-state index contributed by atoms with van der Waals surface area (Å²) in [6.45, 7) is 1.98. The number of esters is 1. The largest absolute Gasteiger partial charge is 0.490 e. The number of rotatable bonds is 7. The van der Waals surface area contributed by atoms with Crippen LogP contribution in [0, 0.1) is 5.82 Å². The van der Waals surface area contributed by atoms with E-state index in [1.807, 2.05) is 0 Å². The first-order valence-corrected chi connectivity index (χ1v) is 11.3. The topological polar surface area (TPSA) is 72.9 Å². The van der Waals surface area contributed by atoms with E-state index in [1.165, 1.54) is 12.1 Å². The highest BCUT2D eigenvalue weighted by Crippen LogP contribution is 2.35. The van der Waals surface area contributed by atoms with E-state index in [0.29, 0.717) is 23.5 Å². The maximum Gasteiger partial charge on any atom is 0.343 e. The summed E-state index contributed by atoms with van der Waals surface area (Å²) < 4.78 is 25.1. The highest BCUT2D eigenvalue weighted by molar-refractivity contribution is 8.18. The number of carbonyl (C=O) groups is 3. The number of nitrogens with zero attached hydrogens (tertiary/aromatic N) is 1. The van der Waals surface area contributed by atoms with Crippen LogP contribution in [0.3, 0.4) is 0 Å². The molecule has 0 atom stereocenters. The summed E-state index contributed by atoms with van der Waals surface area (Å²) in [6.07, 6.45) is 1.55. The molecule has 1 heterocycles. The van der Waals surface area contributed by atoms with Gasteiger partial charge in [0.05, 0.1) is 23.6 Å². The molecule has 8 heteroatoms. The molecular formula is C26H20FNO5S. The SMILES string of the molecule is CCOc1cc(/C=C2\SC(=O)N(Cc3ccccc3F)C2=O)ccc1OC(=O)c1ccccc1. The second-order valence-electron chi connectivity index (χ2n) is 7.25. The van der Waals surface area contributed by atoms with E-state index in [1.54, 1.807) is 73.7 Å². The predicted molar refractivity (Wildman–Crippen MR) is 127 cm³/mol. The van der Waals surface area contributed by atoms with Crippen LogP contribution in [0.1, 0.15) is 28.4 Å². The summed E-state index contributed by atoms with van der Waals surface area (Å²) in [7, 11) is 0. The number of hydrogen-bond acceptors (Lipinski definition) is 6. The van der Waals surface area contributed by atoms with E-state index in [-0.39, 0.29) is 22.8 Å². The van der Waals surface area contributed by atoms with Gasteiger partial charge in [-0.15, -0.1) is 0 Å². The van der Waals surface area contributed by atoms with Crippen molar-refractivity contribution in [1.29, 1.82) is 0 Å². The molecule has 0 N–H and O–H groups in total. The van der Waals surface area contributed by atoms with Crippen LogP contribution in [-0.4, -0.2) is 28.6 Å². The van der Waals surface area contributed by atoms with Crippen LogP contribution in [0.2, 0.25) is 0 Å². The number of carbonyl (C=O) groups excluding carboxylic acids is 3. The summed E-state index contributed by atoms with van der Waals surface area (Å²) in [6, 6.07) is 19.4. The van der Waals surface area contributed by atoms with Crippen LogP contribution in [0.25, 0.3) is 6.08 Å². The number of halogens is 1. The number of imide groups is 1. The third kappa shape index (κ3) is 5.18. The van der Waals surface area contributed by atoms with Gasteiger partial charge in [-0.05, 0) is 60.7 Å². The highest BCUT2D eigenvalue weighted by atomic mass is 32.2. The van der Waals surface area contributed by atoms with Crippen LogP contribution in [0.15, 0.2) is 77.7 Å². The van der Waals surface area contributed by atoms with Crippen molar-refractivity contribution in [3.05, 3.63) is 100 Å².